The molecule has 1 unspecified atom stereocenters. The molecule has 0 N–H and O–H groups in total. The Balaban J connectivity index is 2.41. The van der Waals surface area contributed by atoms with Crippen LogP contribution in [0.5, 0.6) is 5.75 Å². The van der Waals surface area contributed by atoms with Gasteiger partial charge in [0.25, 0.3) is 0 Å². The quantitative estimate of drug-likeness (QED) is 0.668. The molecular weight excluding hydrogens is 335 g/mol. The number of para-hydroxylation sites is 1. The van der Waals surface area contributed by atoms with E-state index >= 15 is 0 Å². The van der Waals surface area contributed by atoms with Crippen molar-refractivity contribution in [2.24, 2.45) is 0 Å². The largest absolute Gasteiger partial charge is 0.496 e. The Morgan fingerprint density at radius 1 is 1.06 bits per heavy atom. The van der Waals surface area contributed by atoms with Crippen LogP contribution < -0.4 is 4.74 Å². The maximum absolute atomic E-state index is 6.04. The molecule has 0 aliphatic rings. The molecule has 2 aromatic carbocycles. The van der Waals surface area contributed by atoms with Crippen molar-refractivity contribution in [3.05, 3.63) is 63.6 Å². The van der Waals surface area contributed by atoms with Crippen LogP contribution in [0.4, 0.5) is 0 Å². The van der Waals surface area contributed by atoms with Crippen LogP contribution in [0.15, 0.2) is 42.5 Å². The first-order valence-corrected chi connectivity index (χ1v) is 7.02. The second kappa shape index (κ2) is 5.96. The molecule has 18 heavy (non-hydrogen) atoms. The van der Waals surface area contributed by atoms with Gasteiger partial charge in [0.1, 0.15) is 5.75 Å². The van der Waals surface area contributed by atoms with Gasteiger partial charge in [0.05, 0.1) is 22.0 Å². The summed E-state index contributed by atoms with van der Waals surface area (Å²) in [5.41, 5.74) is 2.09. The van der Waals surface area contributed by atoms with E-state index in [1.54, 1.807) is 13.2 Å². The molecule has 2 aromatic rings. The van der Waals surface area contributed by atoms with E-state index in [1.807, 2.05) is 36.4 Å². The van der Waals surface area contributed by atoms with E-state index < -0.39 is 0 Å². The molecule has 0 heterocycles. The summed E-state index contributed by atoms with van der Waals surface area (Å²) in [4.78, 5) is 0.0171. The van der Waals surface area contributed by atoms with E-state index in [0.717, 1.165) is 16.9 Å². The normalized spacial score (nSPS) is 12.2. The smallest absolute Gasteiger partial charge is 0.123 e. The number of ether oxygens (including phenoxy) is 1. The van der Waals surface area contributed by atoms with Crippen LogP contribution in [0.25, 0.3) is 0 Å². The monoisotopic (exact) mass is 344 g/mol. The van der Waals surface area contributed by atoms with Crippen molar-refractivity contribution in [1.82, 2.24) is 0 Å². The van der Waals surface area contributed by atoms with Crippen LogP contribution in [0.3, 0.4) is 0 Å². The van der Waals surface area contributed by atoms with Gasteiger partial charge >= 0.3 is 0 Å². The van der Waals surface area contributed by atoms with Gasteiger partial charge in [0.15, 0.2) is 0 Å². The zero-order valence-corrected chi connectivity index (χ0v) is 12.8. The summed E-state index contributed by atoms with van der Waals surface area (Å²) in [6.45, 7) is 0. The molecule has 1 atom stereocenters. The highest BCUT2D eigenvalue weighted by Gasteiger charge is 2.15. The number of benzene rings is 2. The number of methoxy groups -OCH3 is 1. The van der Waals surface area contributed by atoms with Crippen molar-refractivity contribution in [2.75, 3.05) is 7.11 Å². The fourth-order valence-electron chi connectivity index (χ4n) is 1.73. The predicted molar refractivity (Wildman–Crippen MR) is 80.2 cm³/mol. The molecule has 0 aliphatic carbocycles. The number of hydrogen-bond donors (Lipinski definition) is 0. The van der Waals surface area contributed by atoms with Crippen molar-refractivity contribution in [3.63, 3.8) is 0 Å². The summed E-state index contributed by atoms with van der Waals surface area (Å²) < 4.78 is 5.35. The molecule has 94 valence electrons. The van der Waals surface area contributed by atoms with E-state index in [4.69, 9.17) is 27.9 Å². The SMILES string of the molecule is COc1ccccc1C(Br)c1ccc(Cl)c(Cl)c1. The molecule has 2 rings (SSSR count). The van der Waals surface area contributed by atoms with E-state index in [2.05, 4.69) is 15.9 Å². The van der Waals surface area contributed by atoms with Gasteiger partial charge in [-0.2, -0.15) is 0 Å². The number of alkyl halides is 1. The third-order valence-electron chi connectivity index (χ3n) is 2.65. The van der Waals surface area contributed by atoms with Gasteiger partial charge in [-0.15, -0.1) is 0 Å². The summed E-state index contributed by atoms with van der Waals surface area (Å²) >= 11 is 15.6. The molecule has 0 amide bonds. The highest BCUT2D eigenvalue weighted by molar-refractivity contribution is 9.09. The molecule has 0 bridgehead atoms. The maximum Gasteiger partial charge on any atom is 0.123 e. The molecular formula is C14H11BrCl2O. The highest BCUT2D eigenvalue weighted by Crippen LogP contribution is 2.38. The lowest BCUT2D eigenvalue weighted by atomic mass is 10.0. The average molecular weight is 346 g/mol. The standard InChI is InChI=1S/C14H11BrCl2O/c1-18-13-5-3-2-4-10(13)14(15)9-6-7-11(16)12(17)8-9/h2-8,14H,1H3. The molecule has 0 aliphatic heterocycles. The maximum atomic E-state index is 6.04. The van der Waals surface area contributed by atoms with Crippen LogP contribution >= 0.6 is 39.1 Å². The predicted octanol–water partition coefficient (Wildman–Crippen LogP) is 5.49. The molecule has 0 spiro atoms. The Morgan fingerprint density at radius 2 is 1.78 bits per heavy atom. The zero-order valence-electron chi connectivity index (χ0n) is 9.66. The first-order valence-electron chi connectivity index (χ1n) is 5.35. The van der Waals surface area contributed by atoms with Crippen molar-refractivity contribution in [3.8, 4) is 5.75 Å². The van der Waals surface area contributed by atoms with Crippen LogP contribution in [-0.4, -0.2) is 7.11 Å². The minimum Gasteiger partial charge on any atom is -0.496 e. The van der Waals surface area contributed by atoms with Gasteiger partial charge in [-0.3, -0.25) is 0 Å². The Bertz CT molecular complexity index is 557. The Kier molecular flexibility index (Phi) is 4.55. The minimum absolute atomic E-state index is 0.0171. The fraction of sp³-hybridized carbons (Fsp3) is 0.143. The van der Waals surface area contributed by atoms with E-state index in [-0.39, 0.29) is 4.83 Å². The zero-order chi connectivity index (χ0) is 13.1. The Labute approximate surface area is 125 Å². The molecule has 1 nitrogen and oxygen atoms in total. The lowest BCUT2D eigenvalue weighted by Crippen LogP contribution is -1.96. The number of hydrogen-bond acceptors (Lipinski definition) is 1. The summed E-state index contributed by atoms with van der Waals surface area (Å²) in [6, 6.07) is 13.5. The van der Waals surface area contributed by atoms with Crippen LogP contribution in [0.1, 0.15) is 16.0 Å². The first kappa shape index (κ1) is 13.7. The topological polar surface area (TPSA) is 9.23 Å². The Hall–Kier alpha value is -0.700. The molecule has 0 saturated heterocycles. The summed E-state index contributed by atoms with van der Waals surface area (Å²) in [7, 11) is 1.66. The van der Waals surface area contributed by atoms with Crippen molar-refractivity contribution in [2.45, 2.75) is 4.83 Å². The number of halogens is 3. The highest BCUT2D eigenvalue weighted by atomic mass is 79.9. The lowest BCUT2D eigenvalue weighted by molar-refractivity contribution is 0.410. The van der Waals surface area contributed by atoms with Gasteiger partial charge in [0.2, 0.25) is 0 Å². The van der Waals surface area contributed by atoms with Crippen molar-refractivity contribution >= 4 is 39.1 Å². The van der Waals surface area contributed by atoms with E-state index in [9.17, 15) is 0 Å². The molecule has 0 aromatic heterocycles. The Morgan fingerprint density at radius 3 is 2.44 bits per heavy atom. The third kappa shape index (κ3) is 2.82. The lowest BCUT2D eigenvalue weighted by Gasteiger charge is -2.15. The van der Waals surface area contributed by atoms with Crippen LogP contribution in [0, 0.1) is 0 Å². The molecule has 0 fully saturated rings. The van der Waals surface area contributed by atoms with Gasteiger partial charge in [-0.05, 0) is 23.8 Å². The number of rotatable bonds is 3. The van der Waals surface area contributed by atoms with Crippen LogP contribution in [-0.2, 0) is 0 Å². The van der Waals surface area contributed by atoms with Gasteiger partial charge in [-0.25, -0.2) is 0 Å². The average Bonchev–Trinajstić information content (AvgIpc) is 2.41. The first-order chi connectivity index (χ1) is 8.63. The summed E-state index contributed by atoms with van der Waals surface area (Å²) in [6.07, 6.45) is 0. The van der Waals surface area contributed by atoms with E-state index in [1.165, 1.54) is 0 Å². The minimum atomic E-state index is 0.0171. The van der Waals surface area contributed by atoms with Gasteiger partial charge in [-0.1, -0.05) is 63.4 Å². The van der Waals surface area contributed by atoms with Gasteiger partial charge < -0.3 is 4.74 Å². The molecule has 4 heteroatoms. The van der Waals surface area contributed by atoms with Crippen LogP contribution in [0.2, 0.25) is 10.0 Å². The van der Waals surface area contributed by atoms with E-state index in [0.29, 0.717) is 10.0 Å². The second-order valence-electron chi connectivity index (χ2n) is 3.78. The molecule has 0 saturated carbocycles. The fourth-order valence-corrected chi connectivity index (χ4v) is 2.69. The summed E-state index contributed by atoms with van der Waals surface area (Å²) in [5.74, 6) is 0.838. The van der Waals surface area contributed by atoms with Crippen molar-refractivity contribution in [1.29, 1.82) is 0 Å². The third-order valence-corrected chi connectivity index (χ3v) is 4.41. The van der Waals surface area contributed by atoms with Crippen molar-refractivity contribution < 1.29 is 4.74 Å². The molecule has 0 radical (unpaired) electrons. The second-order valence-corrected chi connectivity index (χ2v) is 5.51. The van der Waals surface area contributed by atoms with Gasteiger partial charge in [0, 0.05) is 5.56 Å². The summed E-state index contributed by atoms with van der Waals surface area (Å²) in [5, 5.41) is 1.11.